The second-order valence-electron chi connectivity index (χ2n) is 12.7. The first-order valence-corrected chi connectivity index (χ1v) is 17.7. The van der Waals surface area contributed by atoms with Gasteiger partial charge in [-0.05, 0) is 41.1 Å². The maximum absolute atomic E-state index is 13.7. The molecule has 0 aliphatic rings. The monoisotopic (exact) mass is 747 g/mol. The van der Waals surface area contributed by atoms with Crippen LogP contribution in [0, 0.1) is 5.92 Å². The molecule has 0 fully saturated rings. The molecule has 2 aromatic carbocycles. The van der Waals surface area contributed by atoms with Crippen LogP contribution < -0.4 is 26.0 Å². The van der Waals surface area contributed by atoms with Gasteiger partial charge >= 0.3 is 5.97 Å². The van der Waals surface area contributed by atoms with Gasteiger partial charge in [0.15, 0.2) is 0 Å². The third-order valence-corrected chi connectivity index (χ3v) is 7.78. The van der Waals surface area contributed by atoms with Gasteiger partial charge in [0.25, 0.3) is 0 Å². The lowest BCUT2D eigenvalue weighted by Crippen LogP contribution is -2.57. The Morgan fingerprint density at radius 3 is 2.26 bits per heavy atom. The predicted octanol–water partition coefficient (Wildman–Crippen LogP) is 2.67. The summed E-state index contributed by atoms with van der Waals surface area (Å²) in [6.45, 7) is 5.82. The van der Waals surface area contributed by atoms with E-state index in [1.807, 2.05) is 44.2 Å². The van der Waals surface area contributed by atoms with Crippen molar-refractivity contribution < 1.29 is 38.2 Å². The highest BCUT2D eigenvalue weighted by atomic mass is 16.5. The van der Waals surface area contributed by atoms with Crippen molar-refractivity contribution in [3.8, 4) is 5.75 Å². The molecule has 0 bridgehead atoms. The molecule has 17 heteroatoms. The van der Waals surface area contributed by atoms with Crippen LogP contribution in [0.4, 0.5) is 0 Å². The fraction of sp³-hybridized carbons (Fsp3) is 0.459. The number of ether oxygens (including phenoxy) is 3. The lowest BCUT2D eigenvalue weighted by molar-refractivity contribution is -0.146. The van der Waals surface area contributed by atoms with Crippen LogP contribution in [0.15, 0.2) is 72.2 Å². The fourth-order valence-corrected chi connectivity index (χ4v) is 5.15. The van der Waals surface area contributed by atoms with Crippen LogP contribution in [0.5, 0.6) is 5.75 Å². The normalized spacial score (nSPS) is 12.4. The summed E-state index contributed by atoms with van der Waals surface area (Å²) in [6.07, 6.45) is 3.30. The van der Waals surface area contributed by atoms with Gasteiger partial charge in [0.1, 0.15) is 30.5 Å². The van der Waals surface area contributed by atoms with Crippen LogP contribution in [-0.2, 0) is 52.9 Å². The lowest BCUT2D eigenvalue weighted by Gasteiger charge is -2.26. The first-order chi connectivity index (χ1) is 26.0. The number of carbonyl (C=O) groups excluding carboxylic acids is 5. The van der Waals surface area contributed by atoms with Gasteiger partial charge in [-0.15, -0.1) is 0 Å². The average molecular weight is 748 g/mol. The van der Waals surface area contributed by atoms with Crippen molar-refractivity contribution >= 4 is 29.6 Å². The maximum atomic E-state index is 13.7. The van der Waals surface area contributed by atoms with Gasteiger partial charge in [0.05, 0.1) is 32.6 Å². The number of amides is 4. The molecule has 0 radical (unpaired) electrons. The summed E-state index contributed by atoms with van der Waals surface area (Å²) in [5.41, 5.74) is 10.9. The molecule has 0 aliphatic heterocycles. The third-order valence-electron chi connectivity index (χ3n) is 7.78. The Hall–Kier alpha value is -5.93. The van der Waals surface area contributed by atoms with E-state index in [1.54, 1.807) is 30.5 Å². The van der Waals surface area contributed by atoms with Gasteiger partial charge in [-0.2, -0.15) is 0 Å². The van der Waals surface area contributed by atoms with E-state index in [1.165, 1.54) is 13.3 Å². The molecule has 3 atom stereocenters. The average Bonchev–Trinajstić information content (AvgIpc) is 3.67. The number of hydrogen-bond donors (Lipinski definition) is 5. The van der Waals surface area contributed by atoms with Crippen molar-refractivity contribution in [2.75, 3.05) is 32.9 Å². The van der Waals surface area contributed by atoms with E-state index in [2.05, 4.69) is 41.3 Å². The number of nitrogens with one attached hydrogen (secondary N) is 5. The SMILES string of the molecule is CC(=O)N[C@@H](Cc1ccc(OCc2ccccc2)cc1)C(=O)N[C@H](CC(C)C)C(=O)N[C@@H](CC(=O)OCCc1cnc[nH]1)C(=O)NCCOCCN=[N+]=[N-]. The second kappa shape index (κ2) is 23.6. The minimum absolute atomic E-state index is 0.0162. The zero-order valence-electron chi connectivity index (χ0n) is 30.8. The van der Waals surface area contributed by atoms with Crippen LogP contribution in [0.1, 0.15) is 50.4 Å². The van der Waals surface area contributed by atoms with E-state index >= 15 is 0 Å². The van der Waals surface area contributed by atoms with Crippen molar-refractivity contribution in [2.45, 2.75) is 71.2 Å². The zero-order valence-corrected chi connectivity index (χ0v) is 30.8. The highest BCUT2D eigenvalue weighted by molar-refractivity contribution is 5.95. The molecule has 5 N–H and O–H groups in total. The summed E-state index contributed by atoms with van der Waals surface area (Å²) >= 11 is 0. The number of aromatic nitrogens is 2. The summed E-state index contributed by atoms with van der Waals surface area (Å²) < 4.78 is 16.5. The van der Waals surface area contributed by atoms with Gasteiger partial charge < -0.3 is 40.5 Å². The third kappa shape index (κ3) is 16.6. The van der Waals surface area contributed by atoms with Crippen LogP contribution in [-0.4, -0.2) is 90.6 Å². The number of nitrogens with zero attached hydrogens (tertiary/aromatic N) is 4. The Morgan fingerprint density at radius 1 is 0.870 bits per heavy atom. The van der Waals surface area contributed by atoms with E-state index in [4.69, 9.17) is 19.7 Å². The van der Waals surface area contributed by atoms with E-state index in [0.717, 1.165) is 16.8 Å². The number of aromatic amines is 1. The molecule has 3 rings (SSSR count). The van der Waals surface area contributed by atoms with Crippen molar-refractivity contribution in [2.24, 2.45) is 11.0 Å². The fourth-order valence-electron chi connectivity index (χ4n) is 5.15. The largest absolute Gasteiger partial charge is 0.489 e. The minimum atomic E-state index is -1.35. The Labute approximate surface area is 313 Å². The summed E-state index contributed by atoms with van der Waals surface area (Å²) in [5.74, 6) is -2.57. The van der Waals surface area contributed by atoms with Gasteiger partial charge in [-0.25, -0.2) is 4.98 Å². The molecule has 0 unspecified atom stereocenters. The smallest absolute Gasteiger partial charge is 0.308 e. The molecule has 1 aromatic heterocycles. The number of benzene rings is 2. The highest BCUT2D eigenvalue weighted by Crippen LogP contribution is 2.16. The molecule has 4 amide bonds. The molecule has 0 saturated carbocycles. The Bertz CT molecular complexity index is 1660. The van der Waals surface area contributed by atoms with Crippen molar-refractivity contribution in [3.05, 3.63) is 94.4 Å². The van der Waals surface area contributed by atoms with Crippen molar-refractivity contribution in [1.82, 2.24) is 31.2 Å². The second-order valence-corrected chi connectivity index (χ2v) is 12.7. The van der Waals surface area contributed by atoms with Crippen LogP contribution in [0.25, 0.3) is 10.4 Å². The van der Waals surface area contributed by atoms with Gasteiger partial charge in [-0.3, -0.25) is 24.0 Å². The molecule has 0 spiro atoms. The highest BCUT2D eigenvalue weighted by Gasteiger charge is 2.31. The molecular weight excluding hydrogens is 698 g/mol. The number of carbonyl (C=O) groups is 5. The predicted molar refractivity (Wildman–Crippen MR) is 198 cm³/mol. The minimum Gasteiger partial charge on any atom is -0.489 e. The number of hydrogen-bond acceptors (Lipinski definition) is 10. The van der Waals surface area contributed by atoms with Gasteiger partial charge in [-0.1, -0.05) is 61.4 Å². The molecule has 0 saturated heterocycles. The molecule has 0 aliphatic carbocycles. The molecule has 290 valence electrons. The van der Waals surface area contributed by atoms with Gasteiger partial charge in [0, 0.05) is 49.7 Å². The lowest BCUT2D eigenvalue weighted by atomic mass is 10.0. The summed E-state index contributed by atoms with van der Waals surface area (Å²) in [4.78, 5) is 75.0. The topological polar surface area (TPSA) is 239 Å². The first kappa shape index (κ1) is 42.5. The van der Waals surface area contributed by atoms with Crippen LogP contribution in [0.2, 0.25) is 0 Å². The van der Waals surface area contributed by atoms with Gasteiger partial charge in [0.2, 0.25) is 23.6 Å². The number of esters is 1. The Kier molecular flexibility index (Phi) is 18.6. The molecule has 54 heavy (non-hydrogen) atoms. The van der Waals surface area contributed by atoms with Crippen molar-refractivity contribution in [1.29, 1.82) is 0 Å². The summed E-state index contributed by atoms with van der Waals surface area (Å²) in [7, 11) is 0. The van der Waals surface area contributed by atoms with Crippen LogP contribution >= 0.6 is 0 Å². The van der Waals surface area contributed by atoms with Crippen LogP contribution in [0.3, 0.4) is 0 Å². The Balaban J connectivity index is 1.67. The number of H-pyrrole nitrogens is 1. The van der Waals surface area contributed by atoms with E-state index in [0.29, 0.717) is 18.8 Å². The van der Waals surface area contributed by atoms with Crippen molar-refractivity contribution in [3.63, 3.8) is 0 Å². The molecule has 17 nitrogen and oxygen atoms in total. The zero-order chi connectivity index (χ0) is 39.1. The number of imidazole rings is 1. The summed E-state index contributed by atoms with van der Waals surface area (Å²) in [6, 6.07) is 13.4. The molecular formula is C37H49N9O8. The first-order valence-electron chi connectivity index (χ1n) is 17.7. The molecule has 1 heterocycles. The van der Waals surface area contributed by atoms with E-state index in [9.17, 15) is 24.0 Å². The number of azide groups is 1. The Morgan fingerprint density at radius 2 is 1.59 bits per heavy atom. The number of rotatable bonds is 24. The maximum Gasteiger partial charge on any atom is 0.308 e. The summed E-state index contributed by atoms with van der Waals surface area (Å²) in [5, 5.41) is 14.0. The quantitative estimate of drug-likeness (QED) is 0.0297. The van der Waals surface area contributed by atoms with E-state index in [-0.39, 0.29) is 51.7 Å². The molecule has 3 aromatic rings. The van der Waals surface area contributed by atoms with E-state index < -0.39 is 54.1 Å². The standard InChI is InChI=1S/C37H49N9O8/c1-25(2)19-31(44-37(51)32(43-26(3)47)20-27-9-11-30(12-10-27)54-23-28-7-5-4-6-8-28)36(50)45-33(35(49)40-14-17-52-18-15-42-46-38)21-34(48)53-16-13-29-22-39-24-41-29/h4-12,22,24-25,31-33H,13-21,23H2,1-3H3,(H,39,41)(H,40,49)(H,43,47)(H,44,51)(H,45,50)/t31-,32+,33+/m1/s1.